The molecule has 3 nitrogen and oxygen atoms in total. The largest absolute Gasteiger partial charge is 0.330 e. The number of pyridine rings is 1. The van der Waals surface area contributed by atoms with Crippen LogP contribution in [0.3, 0.4) is 0 Å². The molecule has 1 amide bonds. The number of aromatic nitrogens is 1. The molecule has 5 heteroatoms. The Morgan fingerprint density at radius 1 is 1.19 bits per heavy atom. The third-order valence-electron chi connectivity index (χ3n) is 4.64. The Labute approximate surface area is 156 Å². The van der Waals surface area contributed by atoms with Gasteiger partial charge in [0.15, 0.2) is 0 Å². The zero-order chi connectivity index (χ0) is 18.3. The van der Waals surface area contributed by atoms with Gasteiger partial charge in [-0.25, -0.2) is 4.39 Å². The Morgan fingerprint density at radius 2 is 2.04 bits per heavy atom. The first-order valence-electron chi connectivity index (χ1n) is 8.30. The van der Waals surface area contributed by atoms with Crippen LogP contribution in [0, 0.1) is 12.7 Å². The summed E-state index contributed by atoms with van der Waals surface area (Å²) in [5, 5.41) is 0.459. The standard InChI is InChI=1S/C21H16ClFN2O/c1-13-7-15(14-3-2-6-24-10-14)8-17-12-25(21(26)20(13)17)11-16-9-18(22)4-5-19(16)23/h2-10H,11-12H2,1H3. The maximum absolute atomic E-state index is 14.0. The number of hydrogen-bond donors (Lipinski definition) is 0. The van der Waals surface area contributed by atoms with Crippen LogP contribution in [0.4, 0.5) is 4.39 Å². The number of fused-ring (bicyclic) bond motifs is 1. The van der Waals surface area contributed by atoms with Crippen molar-refractivity contribution in [3.63, 3.8) is 0 Å². The first-order valence-corrected chi connectivity index (χ1v) is 8.68. The van der Waals surface area contributed by atoms with E-state index in [9.17, 15) is 9.18 Å². The summed E-state index contributed by atoms with van der Waals surface area (Å²) < 4.78 is 14.0. The van der Waals surface area contributed by atoms with Crippen molar-refractivity contribution >= 4 is 17.5 Å². The predicted molar refractivity (Wildman–Crippen MR) is 99.4 cm³/mol. The third-order valence-corrected chi connectivity index (χ3v) is 4.88. The average Bonchev–Trinajstić information content (AvgIpc) is 2.95. The maximum Gasteiger partial charge on any atom is 0.255 e. The highest BCUT2D eigenvalue weighted by Crippen LogP contribution is 2.32. The van der Waals surface area contributed by atoms with E-state index in [0.29, 0.717) is 22.7 Å². The summed E-state index contributed by atoms with van der Waals surface area (Å²) in [6, 6.07) is 12.3. The van der Waals surface area contributed by atoms with E-state index in [0.717, 1.165) is 22.3 Å². The van der Waals surface area contributed by atoms with E-state index >= 15 is 0 Å². The highest BCUT2D eigenvalue weighted by Gasteiger charge is 2.30. The molecule has 26 heavy (non-hydrogen) atoms. The Hall–Kier alpha value is -2.72. The molecule has 0 atom stereocenters. The fourth-order valence-corrected chi connectivity index (χ4v) is 3.62. The van der Waals surface area contributed by atoms with Gasteiger partial charge in [-0.05, 0) is 53.9 Å². The quantitative estimate of drug-likeness (QED) is 0.653. The van der Waals surface area contributed by atoms with Gasteiger partial charge in [0, 0.05) is 47.2 Å². The molecule has 4 rings (SSSR count). The summed E-state index contributed by atoms with van der Waals surface area (Å²) in [4.78, 5) is 18.6. The monoisotopic (exact) mass is 366 g/mol. The summed E-state index contributed by atoms with van der Waals surface area (Å²) in [6.45, 7) is 2.58. The van der Waals surface area contributed by atoms with Gasteiger partial charge >= 0.3 is 0 Å². The van der Waals surface area contributed by atoms with Crippen LogP contribution in [-0.4, -0.2) is 15.8 Å². The molecule has 0 saturated heterocycles. The molecule has 3 aromatic rings. The van der Waals surface area contributed by atoms with E-state index in [4.69, 9.17) is 11.6 Å². The molecule has 0 radical (unpaired) electrons. The SMILES string of the molecule is Cc1cc(-c2cccnc2)cc2c1C(=O)N(Cc1cc(Cl)ccc1F)C2. The fourth-order valence-electron chi connectivity index (χ4n) is 3.42. The lowest BCUT2D eigenvalue weighted by Crippen LogP contribution is -2.24. The van der Waals surface area contributed by atoms with Crippen molar-refractivity contribution < 1.29 is 9.18 Å². The van der Waals surface area contributed by atoms with E-state index in [1.54, 1.807) is 23.4 Å². The second-order valence-electron chi connectivity index (χ2n) is 6.47. The zero-order valence-electron chi connectivity index (χ0n) is 14.2. The molecule has 0 saturated carbocycles. The van der Waals surface area contributed by atoms with Crippen LogP contribution in [0.5, 0.6) is 0 Å². The van der Waals surface area contributed by atoms with Crippen LogP contribution < -0.4 is 0 Å². The minimum atomic E-state index is -0.356. The van der Waals surface area contributed by atoms with Crippen molar-refractivity contribution in [2.24, 2.45) is 0 Å². The van der Waals surface area contributed by atoms with Gasteiger partial charge in [0.25, 0.3) is 5.91 Å². The smallest absolute Gasteiger partial charge is 0.255 e. The summed E-state index contributed by atoms with van der Waals surface area (Å²) in [5.74, 6) is -0.430. The van der Waals surface area contributed by atoms with Gasteiger partial charge in [0.2, 0.25) is 0 Å². The molecular weight excluding hydrogens is 351 g/mol. The second-order valence-corrected chi connectivity index (χ2v) is 6.90. The minimum absolute atomic E-state index is 0.0744. The molecule has 0 spiro atoms. The van der Waals surface area contributed by atoms with Crippen molar-refractivity contribution in [3.05, 3.63) is 88.0 Å². The van der Waals surface area contributed by atoms with Crippen molar-refractivity contribution in [2.45, 2.75) is 20.0 Å². The minimum Gasteiger partial charge on any atom is -0.330 e. The van der Waals surface area contributed by atoms with E-state index in [-0.39, 0.29) is 18.3 Å². The number of hydrogen-bond acceptors (Lipinski definition) is 2. The molecule has 0 fully saturated rings. The fraction of sp³-hybridized carbons (Fsp3) is 0.143. The first-order chi connectivity index (χ1) is 12.5. The molecular formula is C21H16ClFN2O. The lowest BCUT2D eigenvalue weighted by molar-refractivity contribution is 0.0764. The van der Waals surface area contributed by atoms with E-state index in [2.05, 4.69) is 4.98 Å². The Morgan fingerprint density at radius 3 is 2.81 bits per heavy atom. The number of halogens is 2. The molecule has 0 aliphatic carbocycles. The average molecular weight is 367 g/mol. The van der Waals surface area contributed by atoms with Crippen LogP contribution in [-0.2, 0) is 13.1 Å². The van der Waals surface area contributed by atoms with Gasteiger partial charge in [-0.3, -0.25) is 9.78 Å². The summed E-state index contributed by atoms with van der Waals surface area (Å²) in [6.07, 6.45) is 3.53. The summed E-state index contributed by atoms with van der Waals surface area (Å²) in [7, 11) is 0. The number of nitrogens with zero attached hydrogens (tertiary/aromatic N) is 2. The lowest BCUT2D eigenvalue weighted by atomic mass is 9.97. The number of benzene rings is 2. The van der Waals surface area contributed by atoms with Crippen LogP contribution in [0.15, 0.2) is 54.9 Å². The van der Waals surface area contributed by atoms with Crippen molar-refractivity contribution in [1.82, 2.24) is 9.88 Å². The predicted octanol–water partition coefficient (Wildman–Crippen LogP) is 5.01. The van der Waals surface area contributed by atoms with Crippen LogP contribution in [0.1, 0.15) is 27.0 Å². The molecule has 1 aromatic heterocycles. The van der Waals surface area contributed by atoms with Gasteiger partial charge < -0.3 is 4.90 Å². The molecule has 130 valence electrons. The van der Waals surface area contributed by atoms with E-state index in [1.807, 2.05) is 31.2 Å². The first kappa shape index (κ1) is 16.7. The third kappa shape index (κ3) is 2.97. The number of carbonyl (C=O) groups excluding carboxylic acids is 1. The van der Waals surface area contributed by atoms with E-state index in [1.165, 1.54) is 12.1 Å². The summed E-state index contributed by atoms with van der Waals surface area (Å²) in [5.41, 5.74) is 5.03. The second kappa shape index (κ2) is 6.54. The normalized spacial score (nSPS) is 13.2. The van der Waals surface area contributed by atoms with Crippen LogP contribution >= 0.6 is 11.6 Å². The van der Waals surface area contributed by atoms with Crippen molar-refractivity contribution in [3.8, 4) is 11.1 Å². The van der Waals surface area contributed by atoms with Gasteiger partial charge in [0.1, 0.15) is 5.82 Å². The van der Waals surface area contributed by atoms with Crippen molar-refractivity contribution in [2.75, 3.05) is 0 Å². The zero-order valence-corrected chi connectivity index (χ0v) is 14.9. The number of amides is 1. The molecule has 1 aliphatic rings. The highest BCUT2D eigenvalue weighted by molar-refractivity contribution is 6.30. The van der Waals surface area contributed by atoms with Crippen LogP contribution in [0.25, 0.3) is 11.1 Å². The highest BCUT2D eigenvalue weighted by atomic mass is 35.5. The van der Waals surface area contributed by atoms with Gasteiger partial charge in [-0.15, -0.1) is 0 Å². The van der Waals surface area contributed by atoms with Crippen LogP contribution in [0.2, 0.25) is 5.02 Å². The molecule has 2 heterocycles. The molecule has 2 aromatic carbocycles. The topological polar surface area (TPSA) is 33.2 Å². The van der Waals surface area contributed by atoms with E-state index < -0.39 is 0 Å². The van der Waals surface area contributed by atoms with Gasteiger partial charge in [-0.1, -0.05) is 23.7 Å². The molecule has 1 aliphatic heterocycles. The maximum atomic E-state index is 14.0. The van der Waals surface area contributed by atoms with Crippen molar-refractivity contribution in [1.29, 1.82) is 0 Å². The molecule has 0 bridgehead atoms. The number of carbonyl (C=O) groups is 1. The molecule has 0 N–H and O–H groups in total. The van der Waals surface area contributed by atoms with Gasteiger partial charge in [0.05, 0.1) is 0 Å². The molecule has 0 unspecified atom stereocenters. The lowest BCUT2D eigenvalue weighted by Gasteiger charge is -2.16. The number of aryl methyl sites for hydroxylation is 1. The Kier molecular flexibility index (Phi) is 4.21. The Bertz CT molecular complexity index is 1000. The number of rotatable bonds is 3. The van der Waals surface area contributed by atoms with Gasteiger partial charge in [-0.2, -0.15) is 0 Å². The summed E-state index contributed by atoms with van der Waals surface area (Å²) >= 11 is 5.97. The Balaban J connectivity index is 1.67.